The third kappa shape index (κ3) is 3.70. The molecule has 0 radical (unpaired) electrons. The molecule has 3 unspecified atom stereocenters. The molecule has 0 bridgehead atoms. The van der Waals surface area contributed by atoms with Gasteiger partial charge in [-0.1, -0.05) is 0 Å². The zero-order chi connectivity index (χ0) is 12.3. The molecule has 1 aliphatic heterocycles. The lowest BCUT2D eigenvalue weighted by Gasteiger charge is -2.18. The second kappa shape index (κ2) is 5.49. The number of fused-ring (bicyclic) bond motifs is 1. The van der Waals surface area contributed by atoms with Crippen LogP contribution in [-0.4, -0.2) is 35.4 Å². The van der Waals surface area contributed by atoms with E-state index >= 15 is 0 Å². The largest absolute Gasteiger partial charge is 0.481 e. The highest BCUT2D eigenvalue weighted by Crippen LogP contribution is 2.38. The van der Waals surface area contributed by atoms with E-state index in [1.807, 2.05) is 0 Å². The van der Waals surface area contributed by atoms with E-state index in [4.69, 9.17) is 14.6 Å². The summed E-state index contributed by atoms with van der Waals surface area (Å²) in [6, 6.07) is 0. The summed E-state index contributed by atoms with van der Waals surface area (Å²) in [5.74, 6) is -1.04. The highest BCUT2D eigenvalue weighted by Gasteiger charge is 2.49. The van der Waals surface area contributed by atoms with Gasteiger partial charge in [0.15, 0.2) is 0 Å². The number of carbonyl (C=O) groups is 2. The van der Waals surface area contributed by atoms with Gasteiger partial charge in [0.2, 0.25) is 0 Å². The number of carbonyl (C=O) groups excluding carboxylic acids is 1. The Labute approximate surface area is 100 Å². The Hall–Kier alpha value is -1.10. The molecule has 0 aromatic rings. The van der Waals surface area contributed by atoms with Crippen LogP contribution in [0.1, 0.15) is 44.9 Å². The normalized spacial score (nSPS) is 30.5. The van der Waals surface area contributed by atoms with E-state index in [1.165, 1.54) is 0 Å². The molecule has 2 fully saturated rings. The van der Waals surface area contributed by atoms with Crippen LogP contribution in [0.15, 0.2) is 0 Å². The van der Waals surface area contributed by atoms with Crippen molar-refractivity contribution in [1.82, 2.24) is 0 Å². The van der Waals surface area contributed by atoms with Crippen molar-refractivity contribution in [3.8, 4) is 0 Å². The van der Waals surface area contributed by atoms with Crippen LogP contribution >= 0.6 is 0 Å². The Morgan fingerprint density at radius 3 is 2.76 bits per heavy atom. The van der Waals surface area contributed by atoms with E-state index < -0.39 is 5.97 Å². The van der Waals surface area contributed by atoms with Crippen molar-refractivity contribution in [1.29, 1.82) is 0 Å². The van der Waals surface area contributed by atoms with Gasteiger partial charge in [-0.25, -0.2) is 0 Å². The second-order valence-electron chi connectivity index (χ2n) is 4.70. The van der Waals surface area contributed by atoms with Crippen LogP contribution in [0, 0.1) is 0 Å². The molecule has 1 aliphatic carbocycles. The summed E-state index contributed by atoms with van der Waals surface area (Å²) in [6.07, 6.45) is 4.93. The first-order valence-corrected chi connectivity index (χ1v) is 6.23. The van der Waals surface area contributed by atoms with Crippen LogP contribution in [-0.2, 0) is 19.1 Å². The van der Waals surface area contributed by atoms with E-state index in [0.717, 1.165) is 19.3 Å². The Morgan fingerprint density at radius 1 is 1.24 bits per heavy atom. The highest BCUT2D eigenvalue weighted by molar-refractivity contribution is 5.70. The number of hydrogen-bond donors (Lipinski definition) is 1. The summed E-state index contributed by atoms with van der Waals surface area (Å²) in [5, 5.41) is 8.45. The minimum absolute atomic E-state index is 0.0688. The molecule has 17 heavy (non-hydrogen) atoms. The molecular formula is C12H18O5. The number of rotatable bonds is 6. The van der Waals surface area contributed by atoms with Gasteiger partial charge >= 0.3 is 11.9 Å². The molecule has 0 aromatic carbocycles. The van der Waals surface area contributed by atoms with Gasteiger partial charge in [0, 0.05) is 12.8 Å². The predicted octanol–water partition coefficient (Wildman–Crippen LogP) is 1.49. The van der Waals surface area contributed by atoms with E-state index in [-0.39, 0.29) is 24.6 Å². The lowest BCUT2D eigenvalue weighted by atomic mass is 9.98. The third-order valence-corrected chi connectivity index (χ3v) is 3.27. The predicted molar refractivity (Wildman–Crippen MR) is 58.5 cm³/mol. The van der Waals surface area contributed by atoms with Crippen molar-refractivity contribution in [2.75, 3.05) is 0 Å². The maximum Gasteiger partial charge on any atom is 0.306 e. The SMILES string of the molecule is O=C(O)CCCCC(=O)OC1CCCC2OC12. The molecule has 5 nitrogen and oxygen atoms in total. The van der Waals surface area contributed by atoms with Crippen LogP contribution < -0.4 is 0 Å². The molecule has 0 spiro atoms. The molecule has 0 amide bonds. The number of esters is 1. The van der Waals surface area contributed by atoms with E-state index in [1.54, 1.807) is 0 Å². The topological polar surface area (TPSA) is 76.1 Å². The molecule has 5 heteroatoms. The molecule has 2 rings (SSSR count). The van der Waals surface area contributed by atoms with Gasteiger partial charge in [0.1, 0.15) is 12.2 Å². The maximum atomic E-state index is 11.5. The monoisotopic (exact) mass is 242 g/mol. The molecule has 96 valence electrons. The van der Waals surface area contributed by atoms with Crippen molar-refractivity contribution in [3.63, 3.8) is 0 Å². The van der Waals surface area contributed by atoms with Crippen molar-refractivity contribution < 1.29 is 24.2 Å². The fourth-order valence-electron chi connectivity index (χ4n) is 2.30. The first-order chi connectivity index (χ1) is 8.16. The lowest BCUT2D eigenvalue weighted by Crippen LogP contribution is -2.28. The maximum absolute atomic E-state index is 11.5. The summed E-state index contributed by atoms with van der Waals surface area (Å²) < 4.78 is 10.7. The van der Waals surface area contributed by atoms with Crippen LogP contribution in [0.2, 0.25) is 0 Å². The first kappa shape index (κ1) is 12.4. The first-order valence-electron chi connectivity index (χ1n) is 6.23. The van der Waals surface area contributed by atoms with Crippen molar-refractivity contribution in [2.24, 2.45) is 0 Å². The number of hydrogen-bond acceptors (Lipinski definition) is 4. The summed E-state index contributed by atoms with van der Waals surface area (Å²) in [6.45, 7) is 0. The number of carboxylic acids is 1. The molecule has 1 saturated heterocycles. The van der Waals surface area contributed by atoms with Crippen LogP contribution in [0.3, 0.4) is 0 Å². The highest BCUT2D eigenvalue weighted by atomic mass is 16.6. The Bertz CT molecular complexity index is 301. The second-order valence-corrected chi connectivity index (χ2v) is 4.70. The lowest BCUT2D eigenvalue weighted by molar-refractivity contribution is -0.151. The molecule has 1 N–H and O–H groups in total. The van der Waals surface area contributed by atoms with Crippen LogP contribution in [0.5, 0.6) is 0 Å². The fraction of sp³-hybridized carbons (Fsp3) is 0.833. The van der Waals surface area contributed by atoms with Gasteiger partial charge in [-0.2, -0.15) is 0 Å². The summed E-state index contributed by atoms with van der Waals surface area (Å²) in [5.41, 5.74) is 0. The summed E-state index contributed by atoms with van der Waals surface area (Å²) in [7, 11) is 0. The van der Waals surface area contributed by atoms with Crippen molar-refractivity contribution in [3.05, 3.63) is 0 Å². The smallest absolute Gasteiger partial charge is 0.306 e. The minimum Gasteiger partial charge on any atom is -0.481 e. The molecule has 0 aromatic heterocycles. The van der Waals surface area contributed by atoms with Gasteiger partial charge in [-0.05, 0) is 32.1 Å². The quantitative estimate of drug-likeness (QED) is 0.434. The van der Waals surface area contributed by atoms with Gasteiger partial charge in [0.05, 0.1) is 6.10 Å². The van der Waals surface area contributed by atoms with Gasteiger partial charge < -0.3 is 14.6 Å². The Morgan fingerprint density at radius 2 is 2.00 bits per heavy atom. The molecule has 3 atom stereocenters. The minimum atomic E-state index is -0.820. The number of aliphatic carboxylic acids is 1. The Balaban J connectivity index is 1.59. The molecule has 1 heterocycles. The Kier molecular flexibility index (Phi) is 3.99. The van der Waals surface area contributed by atoms with E-state index in [2.05, 4.69) is 0 Å². The average Bonchev–Trinajstić information content (AvgIpc) is 3.04. The van der Waals surface area contributed by atoms with E-state index in [0.29, 0.717) is 25.4 Å². The summed E-state index contributed by atoms with van der Waals surface area (Å²) in [4.78, 5) is 21.8. The van der Waals surface area contributed by atoms with Gasteiger partial charge in [0.25, 0.3) is 0 Å². The zero-order valence-corrected chi connectivity index (χ0v) is 9.76. The molecule has 2 aliphatic rings. The number of epoxide rings is 1. The average molecular weight is 242 g/mol. The molecular weight excluding hydrogens is 224 g/mol. The number of unbranched alkanes of at least 4 members (excludes halogenated alkanes) is 1. The summed E-state index contributed by atoms with van der Waals surface area (Å²) >= 11 is 0. The zero-order valence-electron chi connectivity index (χ0n) is 9.76. The number of carboxylic acid groups (broad SMARTS) is 1. The van der Waals surface area contributed by atoms with Gasteiger partial charge in [-0.3, -0.25) is 9.59 Å². The molecule has 1 saturated carbocycles. The van der Waals surface area contributed by atoms with E-state index in [9.17, 15) is 9.59 Å². The van der Waals surface area contributed by atoms with Crippen molar-refractivity contribution in [2.45, 2.75) is 63.3 Å². The van der Waals surface area contributed by atoms with Crippen molar-refractivity contribution >= 4 is 11.9 Å². The third-order valence-electron chi connectivity index (χ3n) is 3.27. The van der Waals surface area contributed by atoms with Gasteiger partial charge in [-0.15, -0.1) is 0 Å². The fourth-order valence-corrected chi connectivity index (χ4v) is 2.30. The van der Waals surface area contributed by atoms with Crippen LogP contribution in [0.4, 0.5) is 0 Å². The van der Waals surface area contributed by atoms with Crippen LogP contribution in [0.25, 0.3) is 0 Å². The number of ether oxygens (including phenoxy) is 2. The standard InChI is InChI=1S/C12H18O5/c13-10(14)6-1-2-7-11(15)16-8-4-3-5-9-12(8)17-9/h8-9,12H,1-7H2,(H,13,14).